The maximum atomic E-state index is 11.9. The summed E-state index contributed by atoms with van der Waals surface area (Å²) in [5, 5.41) is 6.23. The number of aryl methyl sites for hydroxylation is 1. The molecule has 0 saturated heterocycles. The normalized spacial score (nSPS) is 10.1. The molecule has 0 aliphatic heterocycles. The van der Waals surface area contributed by atoms with E-state index in [1.165, 1.54) is 5.56 Å². The summed E-state index contributed by atoms with van der Waals surface area (Å²) in [4.78, 5) is 11.9. The standard InChI is InChI=1S/C19H21ClN2O3S/c1-13-5-8-15(9-6-13)25-11-3-4-18(23)22-19(26)21-14-7-10-17(24-2)16(20)12-14/h5-10,12H,3-4,11H2,1-2H3,(H2,21,22,23,26). The van der Waals surface area contributed by atoms with Gasteiger partial charge in [0.1, 0.15) is 11.5 Å². The second kappa shape index (κ2) is 9.99. The van der Waals surface area contributed by atoms with Crippen LogP contribution in [0.4, 0.5) is 5.69 Å². The van der Waals surface area contributed by atoms with Crippen molar-refractivity contribution in [2.24, 2.45) is 0 Å². The molecule has 2 aromatic rings. The van der Waals surface area contributed by atoms with Crippen molar-refractivity contribution in [3.05, 3.63) is 53.1 Å². The zero-order chi connectivity index (χ0) is 18.9. The first-order valence-electron chi connectivity index (χ1n) is 8.12. The molecule has 2 N–H and O–H groups in total. The van der Waals surface area contributed by atoms with Crippen molar-refractivity contribution >= 4 is 40.5 Å². The van der Waals surface area contributed by atoms with Crippen molar-refractivity contribution in [3.63, 3.8) is 0 Å². The summed E-state index contributed by atoms with van der Waals surface area (Å²) < 4.78 is 10.7. The van der Waals surface area contributed by atoms with Gasteiger partial charge < -0.3 is 20.1 Å². The van der Waals surface area contributed by atoms with Crippen LogP contribution in [-0.2, 0) is 4.79 Å². The lowest BCUT2D eigenvalue weighted by Gasteiger charge is -2.11. The number of methoxy groups -OCH3 is 1. The number of thiocarbonyl (C=S) groups is 1. The van der Waals surface area contributed by atoms with Crippen LogP contribution in [0, 0.1) is 6.92 Å². The van der Waals surface area contributed by atoms with E-state index in [0.29, 0.717) is 35.9 Å². The summed E-state index contributed by atoms with van der Waals surface area (Å²) >= 11 is 11.2. The molecular weight excluding hydrogens is 372 g/mol. The van der Waals surface area contributed by atoms with E-state index in [2.05, 4.69) is 10.6 Å². The molecule has 2 aromatic carbocycles. The molecule has 26 heavy (non-hydrogen) atoms. The first kappa shape index (κ1) is 20.0. The van der Waals surface area contributed by atoms with Crippen LogP contribution in [0.15, 0.2) is 42.5 Å². The average Bonchev–Trinajstić information content (AvgIpc) is 2.60. The molecule has 7 heteroatoms. The number of ether oxygens (including phenoxy) is 2. The molecule has 0 aromatic heterocycles. The summed E-state index contributed by atoms with van der Waals surface area (Å²) in [6.45, 7) is 2.48. The molecule has 1 amide bonds. The number of amides is 1. The topological polar surface area (TPSA) is 59.6 Å². The van der Waals surface area contributed by atoms with E-state index >= 15 is 0 Å². The SMILES string of the molecule is COc1ccc(NC(=S)NC(=O)CCCOc2ccc(C)cc2)cc1Cl. The van der Waals surface area contributed by atoms with Gasteiger partial charge in [-0.25, -0.2) is 0 Å². The zero-order valence-corrected chi connectivity index (χ0v) is 16.2. The third-order valence-corrected chi connectivity index (χ3v) is 4.00. The highest BCUT2D eigenvalue weighted by Crippen LogP contribution is 2.27. The minimum absolute atomic E-state index is 0.172. The van der Waals surface area contributed by atoms with Crippen LogP contribution < -0.4 is 20.1 Å². The summed E-state index contributed by atoms with van der Waals surface area (Å²) in [7, 11) is 1.54. The minimum Gasteiger partial charge on any atom is -0.495 e. The monoisotopic (exact) mass is 392 g/mol. The van der Waals surface area contributed by atoms with E-state index in [1.54, 1.807) is 25.3 Å². The van der Waals surface area contributed by atoms with Gasteiger partial charge in [0, 0.05) is 12.1 Å². The fourth-order valence-electron chi connectivity index (χ4n) is 2.15. The Morgan fingerprint density at radius 2 is 1.92 bits per heavy atom. The lowest BCUT2D eigenvalue weighted by atomic mass is 10.2. The van der Waals surface area contributed by atoms with Gasteiger partial charge in [-0.3, -0.25) is 4.79 Å². The van der Waals surface area contributed by atoms with Crippen molar-refractivity contribution in [2.75, 3.05) is 19.0 Å². The molecule has 2 rings (SSSR count). The fraction of sp³-hybridized carbons (Fsp3) is 0.263. The fourth-order valence-corrected chi connectivity index (χ4v) is 2.64. The van der Waals surface area contributed by atoms with Gasteiger partial charge >= 0.3 is 0 Å². The number of anilines is 1. The van der Waals surface area contributed by atoms with E-state index in [4.69, 9.17) is 33.3 Å². The number of halogens is 1. The molecule has 0 bridgehead atoms. The molecule has 0 radical (unpaired) electrons. The summed E-state index contributed by atoms with van der Waals surface area (Å²) in [5.74, 6) is 1.19. The predicted molar refractivity (Wildman–Crippen MR) is 108 cm³/mol. The number of carbonyl (C=O) groups is 1. The highest BCUT2D eigenvalue weighted by molar-refractivity contribution is 7.80. The van der Waals surface area contributed by atoms with Crippen molar-refractivity contribution < 1.29 is 14.3 Å². The average molecular weight is 393 g/mol. The molecule has 0 saturated carbocycles. The lowest BCUT2D eigenvalue weighted by molar-refractivity contribution is -0.119. The van der Waals surface area contributed by atoms with Crippen LogP contribution in [0.1, 0.15) is 18.4 Å². The van der Waals surface area contributed by atoms with Gasteiger partial charge in [0.2, 0.25) is 5.91 Å². The molecule has 138 valence electrons. The summed E-state index contributed by atoms with van der Waals surface area (Å²) in [6, 6.07) is 12.9. The Kier molecular flexibility index (Phi) is 7.69. The van der Waals surface area contributed by atoms with Crippen LogP contribution in [0.2, 0.25) is 5.02 Å². The maximum absolute atomic E-state index is 11.9. The summed E-state index contributed by atoms with van der Waals surface area (Å²) in [6.07, 6.45) is 0.910. The largest absolute Gasteiger partial charge is 0.495 e. The molecule has 0 fully saturated rings. The maximum Gasteiger partial charge on any atom is 0.226 e. The molecule has 0 aliphatic rings. The molecule has 0 spiro atoms. The first-order valence-corrected chi connectivity index (χ1v) is 8.90. The highest BCUT2D eigenvalue weighted by atomic mass is 35.5. The van der Waals surface area contributed by atoms with Crippen molar-refractivity contribution in [1.29, 1.82) is 0 Å². The van der Waals surface area contributed by atoms with E-state index in [9.17, 15) is 4.79 Å². The minimum atomic E-state index is -0.172. The van der Waals surface area contributed by atoms with Gasteiger partial charge in [0.15, 0.2) is 5.11 Å². The zero-order valence-electron chi connectivity index (χ0n) is 14.7. The second-order valence-electron chi connectivity index (χ2n) is 5.62. The Labute approximate surface area is 163 Å². The Balaban J connectivity index is 1.69. The number of nitrogens with one attached hydrogen (secondary N) is 2. The number of hydrogen-bond acceptors (Lipinski definition) is 4. The van der Waals surface area contributed by atoms with Gasteiger partial charge in [-0.1, -0.05) is 29.3 Å². The number of carbonyl (C=O) groups excluding carboxylic acids is 1. The van der Waals surface area contributed by atoms with Crippen molar-refractivity contribution in [2.45, 2.75) is 19.8 Å². The third kappa shape index (κ3) is 6.54. The van der Waals surface area contributed by atoms with Crippen LogP contribution in [0.3, 0.4) is 0 Å². The lowest BCUT2D eigenvalue weighted by Crippen LogP contribution is -2.34. The van der Waals surface area contributed by atoms with Gasteiger partial charge in [0.05, 0.1) is 18.7 Å². The number of rotatable bonds is 7. The molecule has 0 aliphatic carbocycles. The quantitative estimate of drug-likeness (QED) is 0.542. The van der Waals surface area contributed by atoms with E-state index < -0.39 is 0 Å². The van der Waals surface area contributed by atoms with Crippen molar-refractivity contribution in [1.82, 2.24) is 5.32 Å². The van der Waals surface area contributed by atoms with Crippen LogP contribution in [0.25, 0.3) is 0 Å². The molecule has 0 unspecified atom stereocenters. The third-order valence-electron chi connectivity index (χ3n) is 3.50. The highest BCUT2D eigenvalue weighted by Gasteiger charge is 2.07. The van der Waals surface area contributed by atoms with E-state index in [0.717, 1.165) is 5.75 Å². The molecule has 0 atom stereocenters. The van der Waals surface area contributed by atoms with Crippen LogP contribution in [-0.4, -0.2) is 24.7 Å². The predicted octanol–water partition coefficient (Wildman–Crippen LogP) is 4.33. The van der Waals surface area contributed by atoms with Crippen LogP contribution in [0.5, 0.6) is 11.5 Å². The Bertz CT molecular complexity index is 766. The Morgan fingerprint density at radius 3 is 2.58 bits per heavy atom. The Morgan fingerprint density at radius 1 is 1.19 bits per heavy atom. The molecule has 5 nitrogen and oxygen atoms in total. The van der Waals surface area contributed by atoms with Crippen molar-refractivity contribution in [3.8, 4) is 11.5 Å². The van der Waals surface area contributed by atoms with Gasteiger partial charge in [0.25, 0.3) is 0 Å². The van der Waals surface area contributed by atoms with Gasteiger partial charge in [-0.2, -0.15) is 0 Å². The van der Waals surface area contributed by atoms with E-state index in [-0.39, 0.29) is 11.0 Å². The van der Waals surface area contributed by atoms with E-state index in [1.807, 2.05) is 31.2 Å². The smallest absolute Gasteiger partial charge is 0.226 e. The summed E-state index contributed by atoms with van der Waals surface area (Å²) in [5.41, 5.74) is 1.85. The number of hydrogen-bond donors (Lipinski definition) is 2. The Hall–Kier alpha value is -2.31. The molecule has 0 heterocycles. The van der Waals surface area contributed by atoms with Crippen LogP contribution >= 0.6 is 23.8 Å². The first-order chi connectivity index (χ1) is 12.5. The second-order valence-corrected chi connectivity index (χ2v) is 6.43. The van der Waals surface area contributed by atoms with Gasteiger partial charge in [-0.15, -0.1) is 0 Å². The van der Waals surface area contributed by atoms with Gasteiger partial charge in [-0.05, 0) is 55.9 Å². The molecular formula is C19H21ClN2O3S. The number of benzene rings is 2.